The molecule has 1 N–H and O–H groups in total. The Balaban J connectivity index is 2.33. The predicted molar refractivity (Wildman–Crippen MR) is 63.2 cm³/mol. The molecule has 17 heavy (non-hydrogen) atoms. The van der Waals surface area contributed by atoms with Crippen LogP contribution in [-0.2, 0) is 0 Å². The van der Waals surface area contributed by atoms with E-state index in [2.05, 4.69) is 4.98 Å². The minimum atomic E-state index is -1.02. The topological polar surface area (TPSA) is 59.4 Å². The van der Waals surface area contributed by atoms with Crippen LogP contribution < -0.4 is 4.74 Å². The summed E-state index contributed by atoms with van der Waals surface area (Å²) in [5.41, 5.74) is 1.56. The summed E-state index contributed by atoms with van der Waals surface area (Å²) in [6, 6.07) is 7.02. The number of fused-ring (bicyclic) bond motifs is 3. The van der Waals surface area contributed by atoms with E-state index in [0.717, 1.165) is 16.7 Å². The molecule has 3 rings (SSSR count). The molecule has 1 aliphatic rings. The standard InChI is InChI=1S/C13H9NO3/c15-13(16)10-5-3-8-4-6-11-9(12(8)14-10)2-1-7-17-11/h1-6H,7H2,(H,15,16). The lowest BCUT2D eigenvalue weighted by Gasteiger charge is -2.13. The average molecular weight is 227 g/mol. The summed E-state index contributed by atoms with van der Waals surface area (Å²) in [6.45, 7) is 0.539. The van der Waals surface area contributed by atoms with Crippen LogP contribution >= 0.6 is 0 Å². The molecule has 0 spiro atoms. The highest BCUT2D eigenvalue weighted by molar-refractivity contribution is 5.94. The number of rotatable bonds is 1. The molecule has 0 saturated heterocycles. The van der Waals surface area contributed by atoms with Gasteiger partial charge in [-0.05, 0) is 30.4 Å². The molecule has 0 bridgehead atoms. The van der Waals surface area contributed by atoms with Gasteiger partial charge in [0, 0.05) is 10.9 Å². The molecule has 0 unspecified atom stereocenters. The van der Waals surface area contributed by atoms with Crippen LogP contribution in [0, 0.1) is 0 Å². The van der Waals surface area contributed by atoms with Crippen LogP contribution in [0.2, 0.25) is 0 Å². The minimum Gasteiger partial charge on any atom is -0.489 e. The maximum absolute atomic E-state index is 10.9. The highest BCUT2D eigenvalue weighted by Crippen LogP contribution is 2.30. The van der Waals surface area contributed by atoms with E-state index in [0.29, 0.717) is 12.1 Å². The van der Waals surface area contributed by atoms with E-state index in [-0.39, 0.29) is 5.69 Å². The lowest BCUT2D eigenvalue weighted by Crippen LogP contribution is -2.04. The zero-order valence-electron chi connectivity index (χ0n) is 8.88. The van der Waals surface area contributed by atoms with Crippen LogP contribution in [0.25, 0.3) is 17.0 Å². The van der Waals surface area contributed by atoms with Crippen LogP contribution in [0.3, 0.4) is 0 Å². The molecule has 0 saturated carbocycles. The van der Waals surface area contributed by atoms with E-state index in [9.17, 15) is 4.79 Å². The Bertz CT molecular complexity index is 646. The first-order valence-electron chi connectivity index (χ1n) is 5.22. The van der Waals surface area contributed by atoms with Crippen LogP contribution in [0.1, 0.15) is 16.1 Å². The van der Waals surface area contributed by atoms with Gasteiger partial charge in [0.1, 0.15) is 18.1 Å². The average Bonchev–Trinajstić information content (AvgIpc) is 2.38. The number of aromatic carboxylic acids is 1. The Morgan fingerprint density at radius 3 is 2.94 bits per heavy atom. The van der Waals surface area contributed by atoms with Crippen molar-refractivity contribution in [1.29, 1.82) is 0 Å². The largest absolute Gasteiger partial charge is 0.489 e. The highest BCUT2D eigenvalue weighted by Gasteiger charge is 2.13. The third-order valence-electron chi connectivity index (χ3n) is 2.70. The molecule has 2 heterocycles. The summed E-state index contributed by atoms with van der Waals surface area (Å²) in [5.74, 6) is -0.278. The van der Waals surface area contributed by atoms with Crippen molar-refractivity contribution in [3.8, 4) is 5.75 Å². The summed E-state index contributed by atoms with van der Waals surface area (Å²) in [4.78, 5) is 15.1. The molecule has 0 radical (unpaired) electrons. The molecule has 0 fully saturated rings. The van der Waals surface area contributed by atoms with E-state index in [1.165, 1.54) is 6.07 Å². The normalized spacial score (nSPS) is 13.2. The van der Waals surface area contributed by atoms with Crippen molar-refractivity contribution in [2.24, 2.45) is 0 Å². The van der Waals surface area contributed by atoms with Gasteiger partial charge in [0.25, 0.3) is 0 Å². The number of carbonyl (C=O) groups is 1. The fraction of sp³-hybridized carbons (Fsp3) is 0.0769. The van der Waals surface area contributed by atoms with Crippen molar-refractivity contribution >= 4 is 22.9 Å². The molecule has 84 valence electrons. The smallest absolute Gasteiger partial charge is 0.354 e. The second-order valence-corrected chi connectivity index (χ2v) is 3.76. The van der Waals surface area contributed by atoms with E-state index < -0.39 is 5.97 Å². The Hall–Kier alpha value is -2.36. The maximum Gasteiger partial charge on any atom is 0.354 e. The first-order chi connectivity index (χ1) is 8.25. The molecule has 0 aliphatic carbocycles. The molecular weight excluding hydrogens is 218 g/mol. The van der Waals surface area contributed by atoms with Crippen molar-refractivity contribution in [3.63, 3.8) is 0 Å². The first-order valence-corrected chi connectivity index (χ1v) is 5.22. The fourth-order valence-electron chi connectivity index (χ4n) is 1.90. The summed E-state index contributed by atoms with van der Waals surface area (Å²) in [5, 5.41) is 9.84. The lowest BCUT2D eigenvalue weighted by atomic mass is 10.1. The van der Waals surface area contributed by atoms with Crippen molar-refractivity contribution < 1.29 is 14.6 Å². The molecule has 1 aromatic heterocycles. The molecule has 1 aliphatic heterocycles. The lowest BCUT2D eigenvalue weighted by molar-refractivity contribution is 0.0691. The van der Waals surface area contributed by atoms with Gasteiger partial charge in [-0.2, -0.15) is 0 Å². The zero-order valence-corrected chi connectivity index (χ0v) is 8.88. The van der Waals surface area contributed by atoms with Gasteiger partial charge in [0.05, 0.1) is 5.52 Å². The molecule has 4 heteroatoms. The Morgan fingerprint density at radius 1 is 1.29 bits per heavy atom. The minimum absolute atomic E-state index is 0.0462. The van der Waals surface area contributed by atoms with Gasteiger partial charge in [-0.15, -0.1) is 0 Å². The quantitative estimate of drug-likeness (QED) is 0.812. The van der Waals surface area contributed by atoms with Gasteiger partial charge in [0.15, 0.2) is 0 Å². The summed E-state index contributed by atoms with van der Waals surface area (Å²) < 4.78 is 5.46. The van der Waals surface area contributed by atoms with Crippen molar-refractivity contribution in [2.75, 3.05) is 6.61 Å². The Kier molecular flexibility index (Phi) is 2.08. The van der Waals surface area contributed by atoms with Crippen molar-refractivity contribution in [3.05, 3.63) is 41.6 Å². The Labute approximate surface area is 97.2 Å². The van der Waals surface area contributed by atoms with E-state index >= 15 is 0 Å². The van der Waals surface area contributed by atoms with Crippen LogP contribution in [0.5, 0.6) is 5.75 Å². The second-order valence-electron chi connectivity index (χ2n) is 3.76. The van der Waals surface area contributed by atoms with Gasteiger partial charge < -0.3 is 9.84 Å². The SMILES string of the molecule is O=C(O)c1ccc2ccc3c(c2n1)C=CCO3. The third-order valence-corrected chi connectivity index (χ3v) is 2.70. The highest BCUT2D eigenvalue weighted by atomic mass is 16.5. The predicted octanol–water partition coefficient (Wildman–Crippen LogP) is 2.34. The summed E-state index contributed by atoms with van der Waals surface area (Å²) >= 11 is 0. The van der Waals surface area contributed by atoms with Gasteiger partial charge in [0.2, 0.25) is 0 Å². The third kappa shape index (κ3) is 1.54. The summed E-state index contributed by atoms with van der Waals surface area (Å²) in [7, 11) is 0. The number of ether oxygens (including phenoxy) is 1. The molecule has 1 aromatic carbocycles. The molecule has 2 aromatic rings. The zero-order chi connectivity index (χ0) is 11.8. The van der Waals surface area contributed by atoms with Crippen LogP contribution in [0.15, 0.2) is 30.3 Å². The number of carboxylic acids is 1. The van der Waals surface area contributed by atoms with Crippen molar-refractivity contribution in [2.45, 2.75) is 0 Å². The summed E-state index contributed by atoms with van der Waals surface area (Å²) in [6.07, 6.45) is 3.80. The first kappa shape index (κ1) is 9.84. The van der Waals surface area contributed by atoms with E-state index in [1.807, 2.05) is 24.3 Å². The number of pyridine rings is 1. The number of hydrogen-bond acceptors (Lipinski definition) is 3. The van der Waals surface area contributed by atoms with Gasteiger partial charge in [-0.25, -0.2) is 9.78 Å². The number of nitrogens with zero attached hydrogens (tertiary/aromatic N) is 1. The fourth-order valence-corrected chi connectivity index (χ4v) is 1.90. The number of hydrogen-bond donors (Lipinski definition) is 1. The molecular formula is C13H9NO3. The maximum atomic E-state index is 10.9. The molecule has 0 atom stereocenters. The number of aromatic nitrogens is 1. The van der Waals surface area contributed by atoms with Crippen LogP contribution in [-0.4, -0.2) is 22.7 Å². The van der Waals surface area contributed by atoms with Crippen LogP contribution in [0.4, 0.5) is 0 Å². The number of benzene rings is 1. The van der Waals surface area contributed by atoms with Crippen molar-refractivity contribution in [1.82, 2.24) is 4.98 Å². The molecule has 0 amide bonds. The van der Waals surface area contributed by atoms with E-state index in [4.69, 9.17) is 9.84 Å². The number of carboxylic acid groups (broad SMARTS) is 1. The monoisotopic (exact) mass is 227 g/mol. The second kappa shape index (κ2) is 3.59. The van der Waals surface area contributed by atoms with Gasteiger partial charge >= 0.3 is 5.97 Å². The van der Waals surface area contributed by atoms with Gasteiger partial charge in [-0.1, -0.05) is 6.07 Å². The Morgan fingerprint density at radius 2 is 2.12 bits per heavy atom. The van der Waals surface area contributed by atoms with Gasteiger partial charge in [-0.3, -0.25) is 0 Å². The molecule has 4 nitrogen and oxygen atoms in total. The van der Waals surface area contributed by atoms with E-state index in [1.54, 1.807) is 6.07 Å².